The number of rotatable bonds is 5. The van der Waals surface area contributed by atoms with Gasteiger partial charge < -0.3 is 5.32 Å². The third-order valence-corrected chi connectivity index (χ3v) is 4.94. The molecule has 3 aromatic rings. The Balaban J connectivity index is 1.74. The van der Waals surface area contributed by atoms with Crippen LogP contribution in [0.5, 0.6) is 0 Å². The van der Waals surface area contributed by atoms with E-state index in [-0.39, 0.29) is 0 Å². The normalized spacial score (nSPS) is 11.4. The van der Waals surface area contributed by atoms with Crippen molar-refractivity contribution in [3.63, 3.8) is 0 Å². The van der Waals surface area contributed by atoms with Crippen LogP contribution in [-0.4, -0.2) is 24.5 Å². The van der Waals surface area contributed by atoms with Crippen LogP contribution < -0.4 is 5.32 Å². The molecule has 5 nitrogen and oxygen atoms in total. The Bertz CT molecular complexity index is 931. The molecule has 1 heterocycles. The van der Waals surface area contributed by atoms with Gasteiger partial charge >= 0.3 is 0 Å². The summed E-state index contributed by atoms with van der Waals surface area (Å²) in [5, 5.41) is 7.51. The van der Waals surface area contributed by atoms with Gasteiger partial charge in [0.1, 0.15) is 0 Å². The lowest BCUT2D eigenvalue weighted by atomic mass is 10.1. The molecule has 0 atom stereocenters. The highest BCUT2D eigenvalue weighted by Crippen LogP contribution is 2.21. The van der Waals surface area contributed by atoms with Crippen molar-refractivity contribution in [1.82, 2.24) is 9.78 Å². The van der Waals surface area contributed by atoms with Gasteiger partial charge in [-0.2, -0.15) is 5.10 Å². The van der Waals surface area contributed by atoms with Gasteiger partial charge in [-0.1, -0.05) is 18.2 Å². The largest absolute Gasteiger partial charge is 0.381 e. The molecule has 1 aromatic heterocycles. The molecule has 0 unspecified atom stereocenters. The zero-order valence-electron chi connectivity index (χ0n) is 13.6. The Kier molecular flexibility index (Phi) is 4.40. The van der Waals surface area contributed by atoms with Crippen molar-refractivity contribution in [2.24, 2.45) is 0 Å². The number of sulfone groups is 1. The minimum absolute atomic E-state index is 0.324. The first-order chi connectivity index (χ1) is 11.4. The van der Waals surface area contributed by atoms with Gasteiger partial charge in [0.15, 0.2) is 9.84 Å². The molecule has 1 N–H and O–H groups in total. The van der Waals surface area contributed by atoms with E-state index in [4.69, 9.17) is 0 Å². The maximum Gasteiger partial charge on any atom is 0.175 e. The predicted molar refractivity (Wildman–Crippen MR) is 95.2 cm³/mol. The summed E-state index contributed by atoms with van der Waals surface area (Å²) in [7, 11) is -3.21. The Labute approximate surface area is 141 Å². The van der Waals surface area contributed by atoms with Crippen LogP contribution in [0.25, 0.3) is 5.69 Å². The number of nitrogens with zero attached hydrogens (tertiary/aromatic N) is 2. The van der Waals surface area contributed by atoms with E-state index < -0.39 is 9.84 Å². The minimum atomic E-state index is -3.21. The van der Waals surface area contributed by atoms with Crippen molar-refractivity contribution in [3.05, 3.63) is 72.1 Å². The van der Waals surface area contributed by atoms with Crippen LogP contribution in [-0.2, 0) is 16.4 Å². The Morgan fingerprint density at radius 2 is 1.88 bits per heavy atom. The average molecular weight is 341 g/mol. The molecule has 0 saturated carbocycles. The highest BCUT2D eigenvalue weighted by atomic mass is 32.2. The highest BCUT2D eigenvalue weighted by molar-refractivity contribution is 7.90. The Morgan fingerprint density at radius 1 is 1.12 bits per heavy atom. The molecule has 0 amide bonds. The van der Waals surface area contributed by atoms with E-state index in [0.29, 0.717) is 11.4 Å². The van der Waals surface area contributed by atoms with E-state index in [2.05, 4.69) is 10.4 Å². The smallest absolute Gasteiger partial charge is 0.175 e. The Hall–Kier alpha value is -2.60. The molecule has 0 radical (unpaired) electrons. The van der Waals surface area contributed by atoms with Gasteiger partial charge in [-0.05, 0) is 48.4 Å². The topological polar surface area (TPSA) is 64.0 Å². The lowest BCUT2D eigenvalue weighted by Gasteiger charge is -2.11. The van der Waals surface area contributed by atoms with Crippen molar-refractivity contribution < 1.29 is 8.42 Å². The standard InChI is InChI=1S/C18H19N3O2S/c1-14-4-9-17(24(2,22)23)12-18(14)19-13-15-5-7-16(8-6-15)21-11-3-10-20-21/h3-12,19H,13H2,1-2H3. The monoisotopic (exact) mass is 341 g/mol. The van der Waals surface area contributed by atoms with Crippen molar-refractivity contribution in [3.8, 4) is 5.69 Å². The first kappa shape index (κ1) is 16.3. The lowest BCUT2D eigenvalue weighted by molar-refractivity contribution is 0.602. The minimum Gasteiger partial charge on any atom is -0.381 e. The molecule has 0 aliphatic heterocycles. The average Bonchev–Trinajstić information content (AvgIpc) is 3.08. The summed E-state index contributed by atoms with van der Waals surface area (Å²) in [5.74, 6) is 0. The number of aryl methyl sites for hydroxylation is 1. The van der Waals surface area contributed by atoms with E-state index >= 15 is 0 Å². The molecular formula is C18H19N3O2S. The van der Waals surface area contributed by atoms with Gasteiger partial charge in [0.25, 0.3) is 0 Å². The molecule has 3 rings (SSSR count). The summed E-state index contributed by atoms with van der Waals surface area (Å²) in [6.07, 6.45) is 4.86. The van der Waals surface area contributed by atoms with Gasteiger partial charge in [-0.3, -0.25) is 0 Å². The van der Waals surface area contributed by atoms with E-state index in [1.165, 1.54) is 6.26 Å². The number of nitrogens with one attached hydrogen (secondary N) is 1. The molecule has 0 fully saturated rings. The number of anilines is 1. The molecule has 2 aromatic carbocycles. The van der Waals surface area contributed by atoms with Crippen LogP contribution in [0, 0.1) is 6.92 Å². The summed E-state index contributed by atoms with van der Waals surface area (Å²) in [6, 6.07) is 15.1. The van der Waals surface area contributed by atoms with Crippen molar-refractivity contribution in [2.45, 2.75) is 18.4 Å². The highest BCUT2D eigenvalue weighted by Gasteiger charge is 2.09. The van der Waals surface area contributed by atoms with Crippen LogP contribution in [0.3, 0.4) is 0 Å². The maximum atomic E-state index is 11.7. The zero-order valence-corrected chi connectivity index (χ0v) is 14.4. The van der Waals surface area contributed by atoms with Crippen LogP contribution >= 0.6 is 0 Å². The first-order valence-corrected chi connectivity index (χ1v) is 9.46. The second-order valence-corrected chi connectivity index (χ2v) is 7.74. The summed E-state index contributed by atoms with van der Waals surface area (Å²) >= 11 is 0. The maximum absolute atomic E-state index is 11.7. The van der Waals surface area contributed by atoms with E-state index in [0.717, 1.165) is 22.5 Å². The van der Waals surface area contributed by atoms with E-state index in [1.807, 2.05) is 49.5 Å². The van der Waals surface area contributed by atoms with Crippen molar-refractivity contribution in [1.29, 1.82) is 0 Å². The zero-order chi connectivity index (χ0) is 17.2. The molecule has 0 saturated heterocycles. The Morgan fingerprint density at radius 3 is 2.50 bits per heavy atom. The molecule has 24 heavy (non-hydrogen) atoms. The molecular weight excluding hydrogens is 322 g/mol. The van der Waals surface area contributed by atoms with Gasteiger partial charge in [-0.25, -0.2) is 13.1 Å². The molecule has 124 valence electrons. The van der Waals surface area contributed by atoms with Crippen LogP contribution in [0.4, 0.5) is 5.69 Å². The van der Waals surface area contributed by atoms with Crippen LogP contribution in [0.1, 0.15) is 11.1 Å². The lowest BCUT2D eigenvalue weighted by Crippen LogP contribution is -2.04. The molecule has 0 spiro atoms. The number of benzene rings is 2. The fraction of sp³-hybridized carbons (Fsp3) is 0.167. The number of hydrogen-bond acceptors (Lipinski definition) is 4. The fourth-order valence-electron chi connectivity index (χ4n) is 2.41. The first-order valence-electron chi connectivity index (χ1n) is 7.57. The molecule has 0 bridgehead atoms. The van der Waals surface area contributed by atoms with E-state index in [9.17, 15) is 8.42 Å². The van der Waals surface area contributed by atoms with Crippen LogP contribution in [0.2, 0.25) is 0 Å². The van der Waals surface area contributed by atoms with Crippen LogP contribution in [0.15, 0.2) is 65.8 Å². The number of aromatic nitrogens is 2. The van der Waals surface area contributed by atoms with Gasteiger partial charge in [-0.15, -0.1) is 0 Å². The molecule has 0 aliphatic rings. The predicted octanol–water partition coefficient (Wildman–Crippen LogP) is 3.20. The fourth-order valence-corrected chi connectivity index (χ4v) is 3.05. The summed E-state index contributed by atoms with van der Waals surface area (Å²) < 4.78 is 25.2. The molecule has 6 heteroatoms. The van der Waals surface area contributed by atoms with Crippen molar-refractivity contribution in [2.75, 3.05) is 11.6 Å². The van der Waals surface area contributed by atoms with Gasteiger partial charge in [0, 0.05) is 30.9 Å². The molecule has 0 aliphatic carbocycles. The SMILES string of the molecule is Cc1ccc(S(C)(=O)=O)cc1NCc1ccc(-n2cccn2)cc1. The van der Waals surface area contributed by atoms with Gasteiger partial charge in [0.2, 0.25) is 0 Å². The third kappa shape index (κ3) is 3.65. The quantitative estimate of drug-likeness (QED) is 0.774. The van der Waals surface area contributed by atoms with E-state index in [1.54, 1.807) is 23.0 Å². The van der Waals surface area contributed by atoms with Crippen molar-refractivity contribution >= 4 is 15.5 Å². The summed E-state index contributed by atoms with van der Waals surface area (Å²) in [4.78, 5) is 0.324. The van der Waals surface area contributed by atoms with Gasteiger partial charge in [0.05, 0.1) is 10.6 Å². The second kappa shape index (κ2) is 6.49. The summed E-state index contributed by atoms with van der Waals surface area (Å²) in [6.45, 7) is 2.57. The number of hydrogen-bond donors (Lipinski definition) is 1. The second-order valence-electron chi connectivity index (χ2n) is 5.72. The third-order valence-electron chi connectivity index (χ3n) is 3.83. The summed E-state index contributed by atoms with van der Waals surface area (Å²) in [5.41, 5.74) is 3.94.